The van der Waals surface area contributed by atoms with E-state index in [1.54, 1.807) is 27.7 Å². The normalized spacial score (nSPS) is 14.0. The molecule has 0 aromatic carbocycles. The molecule has 146 valence electrons. The van der Waals surface area contributed by atoms with Gasteiger partial charge >= 0.3 is 5.69 Å². The molecule has 0 radical (unpaired) electrons. The first-order chi connectivity index (χ1) is 13.4. The number of nitrogens with zero attached hydrogens (tertiary/aromatic N) is 4. The molecule has 3 aromatic rings. The van der Waals surface area contributed by atoms with Gasteiger partial charge in [-0.1, -0.05) is 6.07 Å². The van der Waals surface area contributed by atoms with Gasteiger partial charge in [0.05, 0.1) is 6.54 Å². The lowest BCUT2D eigenvalue weighted by molar-refractivity contribution is 0.0639. The van der Waals surface area contributed by atoms with Crippen LogP contribution in [-0.4, -0.2) is 47.7 Å². The van der Waals surface area contributed by atoms with E-state index in [9.17, 15) is 19.5 Å². The van der Waals surface area contributed by atoms with Crippen molar-refractivity contribution in [3.63, 3.8) is 0 Å². The van der Waals surface area contributed by atoms with Gasteiger partial charge in [-0.05, 0) is 26.0 Å². The predicted octanol–water partition coefficient (Wildman–Crippen LogP) is 0.366. The van der Waals surface area contributed by atoms with Crippen LogP contribution in [-0.2, 0) is 13.1 Å². The molecule has 0 bridgehead atoms. The van der Waals surface area contributed by atoms with Gasteiger partial charge in [-0.15, -0.1) is 0 Å². The lowest BCUT2D eigenvalue weighted by Gasteiger charge is -2.34. The largest absolute Gasteiger partial charge is 0.503 e. The molecule has 4 rings (SSSR count). The van der Waals surface area contributed by atoms with Gasteiger partial charge in [-0.25, -0.2) is 14.3 Å². The highest BCUT2D eigenvalue weighted by molar-refractivity contribution is 5.96. The fourth-order valence-corrected chi connectivity index (χ4v) is 3.52. The van der Waals surface area contributed by atoms with Crippen LogP contribution in [0.2, 0.25) is 0 Å². The summed E-state index contributed by atoms with van der Waals surface area (Å²) in [7, 11) is 0. The maximum Gasteiger partial charge on any atom is 0.349 e. The summed E-state index contributed by atoms with van der Waals surface area (Å²) in [6, 6.07) is 6.42. The summed E-state index contributed by atoms with van der Waals surface area (Å²) in [5, 5.41) is 19.6. The molecule has 0 unspecified atom stereocenters. The van der Waals surface area contributed by atoms with Crippen molar-refractivity contribution >= 4 is 17.4 Å². The van der Waals surface area contributed by atoms with Crippen LogP contribution in [0.15, 0.2) is 33.9 Å². The second kappa shape index (κ2) is 6.55. The minimum atomic E-state index is -0.610. The maximum atomic E-state index is 12.8. The minimum Gasteiger partial charge on any atom is -0.503 e. The van der Waals surface area contributed by atoms with E-state index in [2.05, 4.69) is 15.5 Å². The zero-order valence-electron chi connectivity index (χ0n) is 15.5. The second-order valence-electron chi connectivity index (χ2n) is 6.93. The second-order valence-corrected chi connectivity index (χ2v) is 6.93. The number of rotatable bonds is 4. The van der Waals surface area contributed by atoms with E-state index in [1.807, 2.05) is 13.8 Å². The molecule has 1 aliphatic heterocycles. The van der Waals surface area contributed by atoms with E-state index >= 15 is 0 Å². The standard InChI is InChI=1S/C18H20N6O4/c1-10(2)22-6-7-23-11(8-12(25)16(26)15(23)17(22)27)9-19-13-4-3-5-14-20-21-18(28)24(13)14/h3-5,8,10,19,26H,6-7,9H2,1-2H3,(H,21,28). The Morgan fingerprint density at radius 3 is 2.79 bits per heavy atom. The zero-order chi connectivity index (χ0) is 20.0. The number of aromatic hydroxyl groups is 1. The highest BCUT2D eigenvalue weighted by Gasteiger charge is 2.31. The first kappa shape index (κ1) is 17.8. The molecule has 1 amide bonds. The number of amides is 1. The quantitative estimate of drug-likeness (QED) is 0.597. The van der Waals surface area contributed by atoms with Crippen molar-refractivity contribution in [2.24, 2.45) is 0 Å². The highest BCUT2D eigenvalue weighted by atomic mass is 16.3. The Morgan fingerprint density at radius 2 is 2.04 bits per heavy atom. The number of aromatic amines is 1. The molecule has 3 N–H and O–H groups in total. The van der Waals surface area contributed by atoms with Crippen LogP contribution in [0, 0.1) is 0 Å². The highest BCUT2D eigenvalue weighted by Crippen LogP contribution is 2.23. The summed E-state index contributed by atoms with van der Waals surface area (Å²) in [5.74, 6) is -0.407. The molecule has 4 heterocycles. The number of nitrogens with one attached hydrogen (secondary N) is 2. The van der Waals surface area contributed by atoms with Crippen molar-refractivity contribution in [2.45, 2.75) is 33.0 Å². The Morgan fingerprint density at radius 1 is 1.25 bits per heavy atom. The lowest BCUT2D eigenvalue weighted by Crippen LogP contribution is -2.46. The molecule has 3 aromatic heterocycles. The summed E-state index contributed by atoms with van der Waals surface area (Å²) in [6.07, 6.45) is 0. The summed E-state index contributed by atoms with van der Waals surface area (Å²) in [6.45, 7) is 4.90. The van der Waals surface area contributed by atoms with Gasteiger partial charge in [0.2, 0.25) is 5.43 Å². The van der Waals surface area contributed by atoms with Crippen LogP contribution in [0.25, 0.3) is 5.65 Å². The number of fused-ring (bicyclic) bond motifs is 2. The fourth-order valence-electron chi connectivity index (χ4n) is 3.52. The van der Waals surface area contributed by atoms with Crippen molar-refractivity contribution in [1.82, 2.24) is 24.1 Å². The molecule has 0 saturated heterocycles. The van der Waals surface area contributed by atoms with Gasteiger partial charge in [0, 0.05) is 30.9 Å². The number of anilines is 1. The lowest BCUT2D eigenvalue weighted by atomic mass is 10.1. The van der Waals surface area contributed by atoms with Crippen molar-refractivity contribution in [3.8, 4) is 5.75 Å². The number of carbonyl (C=O) groups is 1. The Kier molecular flexibility index (Phi) is 4.17. The van der Waals surface area contributed by atoms with Gasteiger partial charge in [0.15, 0.2) is 17.1 Å². The van der Waals surface area contributed by atoms with Crippen molar-refractivity contribution < 1.29 is 9.90 Å². The van der Waals surface area contributed by atoms with Crippen LogP contribution < -0.4 is 16.4 Å². The molecular formula is C18H20N6O4. The fraction of sp³-hybridized carbons (Fsp3) is 0.333. The van der Waals surface area contributed by atoms with Crippen molar-refractivity contribution in [3.05, 3.63) is 56.4 Å². The van der Waals surface area contributed by atoms with Crippen LogP contribution in [0.1, 0.15) is 30.0 Å². The monoisotopic (exact) mass is 384 g/mol. The molecular weight excluding hydrogens is 364 g/mol. The SMILES string of the molecule is CC(C)N1CCn2c(CNc3cccc4n[nH]c(=O)n34)cc(=O)c(O)c2C1=O. The average Bonchev–Trinajstić information content (AvgIpc) is 3.05. The van der Waals surface area contributed by atoms with Gasteiger partial charge in [-0.3, -0.25) is 9.59 Å². The Labute approximate surface area is 159 Å². The van der Waals surface area contributed by atoms with Gasteiger partial charge in [0.25, 0.3) is 5.91 Å². The van der Waals surface area contributed by atoms with Crippen LogP contribution in [0.5, 0.6) is 5.75 Å². The molecule has 1 aliphatic rings. The number of hydrogen-bond donors (Lipinski definition) is 3. The number of pyridine rings is 2. The molecule has 28 heavy (non-hydrogen) atoms. The first-order valence-corrected chi connectivity index (χ1v) is 8.95. The topological polar surface area (TPSA) is 125 Å². The Hall–Kier alpha value is -3.56. The van der Waals surface area contributed by atoms with E-state index in [1.165, 1.54) is 10.5 Å². The third-order valence-corrected chi connectivity index (χ3v) is 4.91. The first-order valence-electron chi connectivity index (χ1n) is 8.95. The maximum absolute atomic E-state index is 12.8. The smallest absolute Gasteiger partial charge is 0.349 e. The summed E-state index contributed by atoms with van der Waals surface area (Å²) < 4.78 is 3.03. The number of hydrogen-bond acceptors (Lipinski definition) is 6. The van der Waals surface area contributed by atoms with Crippen molar-refractivity contribution in [1.29, 1.82) is 0 Å². The number of H-pyrrole nitrogens is 1. The molecule has 0 atom stereocenters. The summed E-state index contributed by atoms with van der Waals surface area (Å²) in [4.78, 5) is 38.6. The predicted molar refractivity (Wildman–Crippen MR) is 102 cm³/mol. The third-order valence-electron chi connectivity index (χ3n) is 4.91. The molecule has 10 nitrogen and oxygen atoms in total. The minimum absolute atomic E-state index is 0.00272. The zero-order valence-corrected chi connectivity index (χ0v) is 15.5. The van der Waals surface area contributed by atoms with Gasteiger partial charge in [0.1, 0.15) is 5.82 Å². The van der Waals surface area contributed by atoms with E-state index in [4.69, 9.17) is 0 Å². The van der Waals surface area contributed by atoms with E-state index in [0.717, 1.165) is 0 Å². The Bertz CT molecular complexity index is 1190. The van der Waals surface area contributed by atoms with E-state index in [-0.39, 0.29) is 29.9 Å². The molecule has 0 spiro atoms. The van der Waals surface area contributed by atoms with E-state index in [0.29, 0.717) is 30.2 Å². The van der Waals surface area contributed by atoms with Gasteiger partial charge in [-0.2, -0.15) is 5.10 Å². The van der Waals surface area contributed by atoms with Crippen LogP contribution in [0.4, 0.5) is 5.82 Å². The molecule has 0 aliphatic carbocycles. The Balaban J connectivity index is 1.73. The number of carbonyl (C=O) groups excluding carboxylic acids is 1. The van der Waals surface area contributed by atoms with Crippen LogP contribution in [0.3, 0.4) is 0 Å². The van der Waals surface area contributed by atoms with E-state index < -0.39 is 11.2 Å². The molecule has 0 saturated carbocycles. The summed E-state index contributed by atoms with van der Waals surface area (Å²) >= 11 is 0. The van der Waals surface area contributed by atoms with Crippen molar-refractivity contribution in [2.75, 3.05) is 11.9 Å². The molecule has 10 heteroatoms. The third kappa shape index (κ3) is 2.73. The van der Waals surface area contributed by atoms with Gasteiger partial charge < -0.3 is 19.9 Å². The average molecular weight is 384 g/mol. The number of aromatic nitrogens is 4. The molecule has 0 fully saturated rings. The van der Waals surface area contributed by atoms with Crippen LogP contribution >= 0.6 is 0 Å². The summed E-state index contributed by atoms with van der Waals surface area (Å²) in [5.41, 5.74) is 0.0140.